The van der Waals surface area contributed by atoms with Crippen molar-refractivity contribution in [3.05, 3.63) is 57.3 Å². The van der Waals surface area contributed by atoms with Gasteiger partial charge in [0.15, 0.2) is 0 Å². The smallest absolute Gasteiger partial charge is 0.269 e. The van der Waals surface area contributed by atoms with Crippen LogP contribution < -0.4 is 10.5 Å². The molecule has 1 saturated heterocycles. The highest BCUT2D eigenvalue weighted by Gasteiger charge is 2.31. The summed E-state index contributed by atoms with van der Waals surface area (Å²) in [4.78, 5) is 21.9. The molecule has 9 heteroatoms. The number of pyridine rings is 1. The zero-order chi connectivity index (χ0) is 20.7. The predicted molar refractivity (Wildman–Crippen MR) is 114 cm³/mol. The number of halogens is 1. The lowest BCUT2D eigenvalue weighted by Crippen LogP contribution is -2.47. The van der Waals surface area contributed by atoms with Crippen LogP contribution in [0.4, 0.5) is 5.69 Å². The van der Waals surface area contributed by atoms with Crippen LogP contribution >= 0.6 is 11.6 Å². The van der Waals surface area contributed by atoms with E-state index in [1.165, 1.54) is 17.5 Å². The van der Waals surface area contributed by atoms with E-state index in [1.807, 2.05) is 6.92 Å². The molecule has 0 atom stereocenters. The van der Waals surface area contributed by atoms with Gasteiger partial charge in [-0.1, -0.05) is 16.8 Å². The second kappa shape index (κ2) is 7.85. The summed E-state index contributed by atoms with van der Waals surface area (Å²) in [6.07, 6.45) is 5.99. The number of hydrogen-bond acceptors (Lipinski definition) is 7. The highest BCUT2D eigenvalue weighted by Crippen LogP contribution is 2.28. The van der Waals surface area contributed by atoms with E-state index in [0.29, 0.717) is 22.2 Å². The molecule has 156 valence electrons. The van der Waals surface area contributed by atoms with Gasteiger partial charge >= 0.3 is 0 Å². The summed E-state index contributed by atoms with van der Waals surface area (Å²) < 4.78 is 6.80. The first-order valence-electron chi connectivity index (χ1n) is 10.2. The number of piperazine rings is 1. The number of rotatable bonds is 5. The minimum atomic E-state index is -0.146. The van der Waals surface area contributed by atoms with E-state index in [9.17, 15) is 4.79 Å². The van der Waals surface area contributed by atoms with Gasteiger partial charge in [0, 0.05) is 50.0 Å². The molecule has 0 unspecified atom stereocenters. The molecule has 8 nitrogen and oxygen atoms in total. The van der Waals surface area contributed by atoms with Gasteiger partial charge < -0.3 is 9.42 Å². The Bertz CT molecular complexity index is 1100. The molecule has 0 amide bonds. The number of hydrogen-bond donors (Lipinski definition) is 0. The number of nitrogens with zero attached hydrogens (tertiary/aromatic N) is 6. The predicted octanol–water partition coefficient (Wildman–Crippen LogP) is 2.59. The summed E-state index contributed by atoms with van der Waals surface area (Å²) in [5.74, 6) is 0.635. The van der Waals surface area contributed by atoms with Crippen LogP contribution in [0.15, 0.2) is 39.9 Å². The third-order valence-electron chi connectivity index (χ3n) is 5.86. The topological polar surface area (TPSA) is 80.3 Å². The van der Waals surface area contributed by atoms with Crippen molar-refractivity contribution >= 4 is 17.3 Å². The summed E-state index contributed by atoms with van der Waals surface area (Å²) >= 11 is 5.93. The van der Waals surface area contributed by atoms with Gasteiger partial charge in [-0.05, 0) is 31.9 Å². The maximum absolute atomic E-state index is 12.8. The maximum Gasteiger partial charge on any atom is 0.269 e. The first kappa shape index (κ1) is 19.3. The van der Waals surface area contributed by atoms with E-state index in [2.05, 4.69) is 25.0 Å². The third kappa shape index (κ3) is 3.85. The van der Waals surface area contributed by atoms with Gasteiger partial charge in [-0.3, -0.25) is 14.7 Å². The molecule has 0 N–H and O–H groups in total. The molecule has 1 saturated carbocycles. The molecule has 0 radical (unpaired) electrons. The maximum atomic E-state index is 12.8. The first-order chi connectivity index (χ1) is 14.6. The molecule has 3 aromatic rings. The van der Waals surface area contributed by atoms with Gasteiger partial charge in [0.2, 0.25) is 0 Å². The zero-order valence-corrected chi connectivity index (χ0v) is 17.5. The number of aromatic nitrogens is 4. The van der Waals surface area contributed by atoms with Gasteiger partial charge in [-0.25, -0.2) is 4.68 Å². The Kier molecular flexibility index (Phi) is 5.04. The van der Waals surface area contributed by atoms with Crippen molar-refractivity contribution < 1.29 is 4.52 Å². The molecule has 0 spiro atoms. The summed E-state index contributed by atoms with van der Waals surface area (Å²) in [7, 11) is 0. The Hall–Kier alpha value is -2.71. The number of aryl methyl sites for hydroxylation is 1. The summed E-state index contributed by atoms with van der Waals surface area (Å²) in [5, 5.41) is 9.09. The summed E-state index contributed by atoms with van der Waals surface area (Å²) in [5.41, 5.74) is 2.76. The van der Waals surface area contributed by atoms with Gasteiger partial charge in [0.05, 0.1) is 29.1 Å². The highest BCUT2D eigenvalue weighted by atomic mass is 35.5. The Morgan fingerprint density at radius 2 is 1.97 bits per heavy atom. The molecule has 0 bridgehead atoms. The lowest BCUT2D eigenvalue weighted by molar-refractivity contribution is 0.248. The first-order valence-corrected chi connectivity index (χ1v) is 10.6. The van der Waals surface area contributed by atoms with Crippen LogP contribution in [-0.4, -0.2) is 57.0 Å². The zero-order valence-electron chi connectivity index (χ0n) is 16.8. The van der Waals surface area contributed by atoms with Crippen molar-refractivity contribution in [2.75, 3.05) is 31.1 Å². The Labute approximate surface area is 179 Å². The highest BCUT2D eigenvalue weighted by molar-refractivity contribution is 6.30. The van der Waals surface area contributed by atoms with E-state index in [1.54, 1.807) is 30.6 Å². The molecule has 5 rings (SSSR count). The molecule has 0 aromatic carbocycles. The molecule has 3 aromatic heterocycles. The molecule has 30 heavy (non-hydrogen) atoms. The Balaban J connectivity index is 1.34. The van der Waals surface area contributed by atoms with Crippen molar-refractivity contribution in [1.82, 2.24) is 24.8 Å². The van der Waals surface area contributed by atoms with Crippen LogP contribution in [0.1, 0.15) is 24.2 Å². The second-order valence-corrected chi connectivity index (χ2v) is 8.33. The average molecular weight is 427 g/mol. The minimum Gasteiger partial charge on any atom is -0.368 e. The summed E-state index contributed by atoms with van der Waals surface area (Å²) in [6.45, 7) is 6.04. The second-order valence-electron chi connectivity index (χ2n) is 7.89. The van der Waals surface area contributed by atoms with E-state index >= 15 is 0 Å². The van der Waals surface area contributed by atoms with Crippen molar-refractivity contribution in [2.45, 2.75) is 32.4 Å². The van der Waals surface area contributed by atoms with Gasteiger partial charge in [-0.2, -0.15) is 5.10 Å². The molecule has 2 aliphatic rings. The lowest BCUT2D eigenvalue weighted by Gasteiger charge is -2.35. The molecular formula is C21H23ClN6O2. The molecule has 4 heterocycles. The van der Waals surface area contributed by atoms with E-state index in [0.717, 1.165) is 43.5 Å². The van der Waals surface area contributed by atoms with Crippen molar-refractivity contribution in [1.29, 1.82) is 0 Å². The Morgan fingerprint density at radius 3 is 2.63 bits per heavy atom. The normalized spacial score (nSPS) is 17.5. The van der Waals surface area contributed by atoms with Crippen LogP contribution in [0.25, 0.3) is 11.4 Å². The molecule has 1 aliphatic heterocycles. The fraction of sp³-hybridized carbons (Fsp3) is 0.429. The van der Waals surface area contributed by atoms with Crippen LogP contribution in [-0.2, 0) is 6.54 Å². The fourth-order valence-electron chi connectivity index (χ4n) is 3.94. The lowest BCUT2D eigenvalue weighted by atomic mass is 10.1. The molecular weight excluding hydrogens is 404 g/mol. The quantitative estimate of drug-likeness (QED) is 0.620. The van der Waals surface area contributed by atoms with Crippen LogP contribution in [0.5, 0.6) is 0 Å². The van der Waals surface area contributed by atoms with Gasteiger partial charge in [0.25, 0.3) is 5.56 Å². The van der Waals surface area contributed by atoms with Crippen molar-refractivity contribution in [2.24, 2.45) is 0 Å². The van der Waals surface area contributed by atoms with Crippen LogP contribution in [0, 0.1) is 6.92 Å². The Morgan fingerprint density at radius 1 is 1.17 bits per heavy atom. The third-order valence-corrected chi connectivity index (χ3v) is 6.08. The van der Waals surface area contributed by atoms with Crippen LogP contribution in [0.2, 0.25) is 5.02 Å². The summed E-state index contributed by atoms with van der Waals surface area (Å²) in [6, 6.07) is 5.99. The average Bonchev–Trinajstić information content (AvgIpc) is 3.55. The van der Waals surface area contributed by atoms with E-state index in [4.69, 9.17) is 16.1 Å². The van der Waals surface area contributed by atoms with Crippen molar-refractivity contribution in [3.8, 4) is 11.4 Å². The number of anilines is 1. The monoisotopic (exact) mass is 426 g/mol. The minimum absolute atomic E-state index is 0.146. The van der Waals surface area contributed by atoms with Gasteiger partial charge in [0.1, 0.15) is 11.5 Å². The molecule has 2 fully saturated rings. The van der Waals surface area contributed by atoms with E-state index < -0.39 is 0 Å². The largest absolute Gasteiger partial charge is 0.368 e. The SMILES string of the molecule is Cc1onc(-c2ccc(Cl)cn2)c1Cn1ncc(N2CCN(C3CC3)CC2)cc1=O. The fourth-order valence-corrected chi connectivity index (χ4v) is 4.06. The standard InChI is InChI=1S/C21H23ClN6O2/c1-14-18(21(25-30-14)19-5-2-15(22)11-23-19)13-28-20(29)10-17(12-24-28)27-8-6-26(7-9-27)16-3-4-16/h2,5,10-12,16H,3-4,6-9,13H2,1H3. The van der Waals surface area contributed by atoms with Gasteiger partial charge in [-0.15, -0.1) is 0 Å². The van der Waals surface area contributed by atoms with Crippen molar-refractivity contribution in [3.63, 3.8) is 0 Å². The van der Waals surface area contributed by atoms with Crippen LogP contribution in [0.3, 0.4) is 0 Å². The molecule has 1 aliphatic carbocycles. The van der Waals surface area contributed by atoms with E-state index in [-0.39, 0.29) is 12.1 Å².